The van der Waals surface area contributed by atoms with Gasteiger partial charge in [-0.05, 0) is 55.6 Å². The van der Waals surface area contributed by atoms with Gasteiger partial charge in [0.05, 0.1) is 0 Å². The lowest BCUT2D eigenvalue weighted by Gasteiger charge is -2.13. The summed E-state index contributed by atoms with van der Waals surface area (Å²) in [4.78, 5) is 0. The minimum atomic E-state index is 0. The Bertz CT molecular complexity index is 278. The third-order valence-corrected chi connectivity index (χ3v) is 2.59. The molecule has 0 heterocycles. The van der Waals surface area contributed by atoms with Crippen LogP contribution in [-0.4, -0.2) is 19.6 Å². The van der Waals surface area contributed by atoms with Crippen molar-refractivity contribution in [1.82, 2.24) is 0 Å². The van der Waals surface area contributed by atoms with E-state index in [2.05, 4.69) is 18.2 Å². The summed E-state index contributed by atoms with van der Waals surface area (Å²) in [6.07, 6.45) is 2.77. The van der Waals surface area contributed by atoms with Crippen molar-refractivity contribution in [2.75, 3.05) is 19.6 Å². The predicted molar refractivity (Wildman–Crippen MR) is 72.0 cm³/mol. The second-order valence-corrected chi connectivity index (χ2v) is 3.67. The number of halogens is 1. The summed E-state index contributed by atoms with van der Waals surface area (Å²) >= 11 is 0. The maximum Gasteiger partial charge on any atom is -0.00365 e. The van der Waals surface area contributed by atoms with Crippen molar-refractivity contribution in [2.24, 2.45) is 17.2 Å². The SMILES string of the molecule is Cl.NCCc1cccc(CCN)c1CCN. The molecule has 0 aromatic heterocycles. The molecule has 1 aromatic rings. The Labute approximate surface area is 104 Å². The van der Waals surface area contributed by atoms with E-state index in [0.717, 1.165) is 19.3 Å². The first-order valence-electron chi connectivity index (χ1n) is 5.53. The summed E-state index contributed by atoms with van der Waals surface area (Å²) < 4.78 is 0. The predicted octanol–water partition coefficient (Wildman–Crippen LogP) is 0.612. The summed E-state index contributed by atoms with van der Waals surface area (Å²) in [7, 11) is 0. The zero-order valence-electron chi connectivity index (χ0n) is 9.61. The van der Waals surface area contributed by atoms with E-state index in [-0.39, 0.29) is 12.4 Å². The molecule has 0 saturated carbocycles. The van der Waals surface area contributed by atoms with Crippen LogP contribution in [0.3, 0.4) is 0 Å². The maximum absolute atomic E-state index is 5.63. The Balaban J connectivity index is 0.00000225. The molecule has 1 aromatic carbocycles. The van der Waals surface area contributed by atoms with Crippen molar-refractivity contribution in [3.05, 3.63) is 34.9 Å². The van der Waals surface area contributed by atoms with Crippen LogP contribution in [0.15, 0.2) is 18.2 Å². The highest BCUT2D eigenvalue weighted by Crippen LogP contribution is 2.16. The monoisotopic (exact) mass is 243 g/mol. The Hall–Kier alpha value is -0.610. The highest BCUT2D eigenvalue weighted by molar-refractivity contribution is 5.85. The van der Waals surface area contributed by atoms with Gasteiger partial charge in [-0.2, -0.15) is 0 Å². The van der Waals surface area contributed by atoms with E-state index in [4.69, 9.17) is 17.2 Å². The van der Waals surface area contributed by atoms with Crippen molar-refractivity contribution in [1.29, 1.82) is 0 Å². The zero-order valence-corrected chi connectivity index (χ0v) is 10.4. The molecule has 0 aliphatic rings. The molecule has 0 aliphatic heterocycles. The molecular weight excluding hydrogens is 222 g/mol. The molecule has 1 rings (SSSR count). The third kappa shape index (κ3) is 4.10. The fourth-order valence-electron chi connectivity index (χ4n) is 1.93. The van der Waals surface area contributed by atoms with Crippen LogP contribution < -0.4 is 17.2 Å². The van der Waals surface area contributed by atoms with Gasteiger partial charge in [0.1, 0.15) is 0 Å². The van der Waals surface area contributed by atoms with Crippen LogP contribution >= 0.6 is 12.4 Å². The van der Waals surface area contributed by atoms with Gasteiger partial charge in [0.25, 0.3) is 0 Å². The lowest BCUT2D eigenvalue weighted by molar-refractivity contribution is 0.867. The van der Waals surface area contributed by atoms with Gasteiger partial charge < -0.3 is 17.2 Å². The fraction of sp³-hybridized carbons (Fsp3) is 0.500. The van der Waals surface area contributed by atoms with E-state index in [1.54, 1.807) is 0 Å². The molecule has 0 atom stereocenters. The average Bonchev–Trinajstić information content (AvgIpc) is 2.23. The molecule has 4 heteroatoms. The van der Waals surface area contributed by atoms with Crippen molar-refractivity contribution >= 4 is 12.4 Å². The smallest absolute Gasteiger partial charge is 0.00365 e. The van der Waals surface area contributed by atoms with Gasteiger partial charge in [0, 0.05) is 0 Å². The molecule has 0 spiro atoms. The van der Waals surface area contributed by atoms with Gasteiger partial charge >= 0.3 is 0 Å². The maximum atomic E-state index is 5.63. The number of benzene rings is 1. The third-order valence-electron chi connectivity index (χ3n) is 2.59. The highest BCUT2D eigenvalue weighted by atomic mass is 35.5. The molecule has 16 heavy (non-hydrogen) atoms. The first-order valence-corrected chi connectivity index (χ1v) is 5.53. The second-order valence-electron chi connectivity index (χ2n) is 3.67. The minimum absolute atomic E-state index is 0. The molecular formula is C12H22ClN3. The summed E-state index contributed by atoms with van der Waals surface area (Å²) in [5, 5.41) is 0. The fourth-order valence-corrected chi connectivity index (χ4v) is 1.93. The highest BCUT2D eigenvalue weighted by Gasteiger charge is 2.06. The van der Waals surface area contributed by atoms with Crippen LogP contribution in [0, 0.1) is 0 Å². The molecule has 0 saturated heterocycles. The van der Waals surface area contributed by atoms with E-state index in [0.29, 0.717) is 19.6 Å². The van der Waals surface area contributed by atoms with E-state index < -0.39 is 0 Å². The molecule has 0 aliphatic carbocycles. The lowest BCUT2D eigenvalue weighted by Crippen LogP contribution is -2.13. The van der Waals surface area contributed by atoms with Crippen LogP contribution in [-0.2, 0) is 19.3 Å². The lowest BCUT2D eigenvalue weighted by atomic mass is 9.94. The zero-order chi connectivity index (χ0) is 11.1. The Morgan fingerprint density at radius 2 is 1.19 bits per heavy atom. The van der Waals surface area contributed by atoms with Gasteiger partial charge in [-0.25, -0.2) is 0 Å². The van der Waals surface area contributed by atoms with E-state index in [1.807, 2.05) is 0 Å². The average molecular weight is 244 g/mol. The summed E-state index contributed by atoms with van der Waals surface area (Å²) in [6, 6.07) is 6.35. The van der Waals surface area contributed by atoms with Gasteiger partial charge in [0.2, 0.25) is 0 Å². The quantitative estimate of drug-likeness (QED) is 0.685. The number of hydrogen-bond acceptors (Lipinski definition) is 3. The Morgan fingerprint density at radius 1 is 0.750 bits per heavy atom. The first kappa shape index (κ1) is 15.4. The van der Waals surface area contributed by atoms with Crippen LogP contribution in [0.5, 0.6) is 0 Å². The van der Waals surface area contributed by atoms with E-state index >= 15 is 0 Å². The summed E-state index contributed by atoms with van der Waals surface area (Å²) in [5.41, 5.74) is 20.8. The molecule has 0 amide bonds. The molecule has 6 N–H and O–H groups in total. The van der Waals surface area contributed by atoms with Crippen LogP contribution in [0.4, 0.5) is 0 Å². The van der Waals surface area contributed by atoms with Crippen LogP contribution in [0.2, 0.25) is 0 Å². The van der Waals surface area contributed by atoms with Gasteiger partial charge in [-0.1, -0.05) is 18.2 Å². The van der Waals surface area contributed by atoms with Crippen molar-refractivity contribution < 1.29 is 0 Å². The van der Waals surface area contributed by atoms with Crippen LogP contribution in [0.1, 0.15) is 16.7 Å². The van der Waals surface area contributed by atoms with Crippen molar-refractivity contribution in [3.63, 3.8) is 0 Å². The first-order chi connectivity index (χ1) is 7.33. The van der Waals surface area contributed by atoms with Crippen LogP contribution in [0.25, 0.3) is 0 Å². The van der Waals surface area contributed by atoms with E-state index in [1.165, 1.54) is 16.7 Å². The molecule has 0 fully saturated rings. The van der Waals surface area contributed by atoms with Crippen molar-refractivity contribution in [2.45, 2.75) is 19.3 Å². The van der Waals surface area contributed by atoms with Gasteiger partial charge in [0.15, 0.2) is 0 Å². The molecule has 0 radical (unpaired) electrons. The summed E-state index contributed by atoms with van der Waals surface area (Å²) in [5.74, 6) is 0. The minimum Gasteiger partial charge on any atom is -0.330 e. The largest absolute Gasteiger partial charge is 0.330 e. The molecule has 0 bridgehead atoms. The Kier molecular flexibility index (Phi) is 8.21. The number of rotatable bonds is 6. The summed E-state index contributed by atoms with van der Waals surface area (Å²) in [6.45, 7) is 2.05. The molecule has 92 valence electrons. The second kappa shape index (κ2) is 8.53. The molecule has 0 unspecified atom stereocenters. The number of nitrogens with two attached hydrogens (primary N) is 3. The van der Waals surface area contributed by atoms with Gasteiger partial charge in [-0.3, -0.25) is 0 Å². The number of hydrogen-bond donors (Lipinski definition) is 3. The Morgan fingerprint density at radius 3 is 1.56 bits per heavy atom. The normalized spacial score (nSPS) is 9.94. The standard InChI is InChI=1S/C12H21N3.ClH/c13-7-4-10-2-1-3-11(5-8-14)12(10)6-9-15;/h1-3H,4-9,13-15H2;1H. The van der Waals surface area contributed by atoms with E-state index in [9.17, 15) is 0 Å². The van der Waals surface area contributed by atoms with Gasteiger partial charge in [-0.15, -0.1) is 12.4 Å². The topological polar surface area (TPSA) is 78.1 Å². The molecule has 3 nitrogen and oxygen atoms in total. The van der Waals surface area contributed by atoms with Crippen molar-refractivity contribution in [3.8, 4) is 0 Å².